The van der Waals surface area contributed by atoms with Gasteiger partial charge in [-0.15, -0.1) is 0 Å². The highest BCUT2D eigenvalue weighted by molar-refractivity contribution is 5.97. The fourth-order valence-corrected chi connectivity index (χ4v) is 4.65. The minimum Gasteiger partial charge on any atom is -0.493 e. The molecule has 0 spiro atoms. The number of halogens is 1. The summed E-state index contributed by atoms with van der Waals surface area (Å²) in [6.07, 6.45) is 6.28. The molecule has 198 valence electrons. The molecule has 5 rings (SSSR count). The topological polar surface area (TPSA) is 68.6 Å². The number of fused-ring (bicyclic) bond motifs is 1. The predicted molar refractivity (Wildman–Crippen MR) is 146 cm³/mol. The third-order valence-electron chi connectivity index (χ3n) is 6.73. The van der Waals surface area contributed by atoms with Crippen LogP contribution in [0.4, 0.5) is 4.39 Å². The largest absolute Gasteiger partial charge is 0.493 e. The fraction of sp³-hybridized carbons (Fsp3) is 0.333. The first-order valence-electron chi connectivity index (χ1n) is 13.2. The Kier molecular flexibility index (Phi) is 8.50. The Bertz CT molecular complexity index is 1330. The first-order valence-corrected chi connectivity index (χ1v) is 13.2. The number of imidazole rings is 1. The number of benzene rings is 3. The Morgan fingerprint density at radius 3 is 2.29 bits per heavy atom. The van der Waals surface area contributed by atoms with Crippen LogP contribution in [-0.4, -0.2) is 59.8 Å². The molecular weight excluding hydrogens is 483 g/mol. The van der Waals surface area contributed by atoms with Gasteiger partial charge in [0.2, 0.25) is 0 Å². The normalized spacial score (nSPS) is 13.9. The highest BCUT2D eigenvalue weighted by Gasteiger charge is 2.12. The maximum atomic E-state index is 12.9. The number of aromatic nitrogens is 2. The molecule has 7 nitrogen and oxygen atoms in total. The quantitative estimate of drug-likeness (QED) is 0.277. The second kappa shape index (κ2) is 12.6. The molecule has 1 saturated heterocycles. The van der Waals surface area contributed by atoms with E-state index in [-0.39, 0.29) is 11.7 Å². The van der Waals surface area contributed by atoms with Gasteiger partial charge in [0.25, 0.3) is 5.91 Å². The Morgan fingerprint density at radius 2 is 1.58 bits per heavy atom. The lowest BCUT2D eigenvalue weighted by molar-refractivity contribution is 0.0946. The van der Waals surface area contributed by atoms with Crippen LogP contribution in [0.5, 0.6) is 11.5 Å². The van der Waals surface area contributed by atoms with Crippen LogP contribution in [0.2, 0.25) is 0 Å². The number of carbonyl (C=O) groups excluding carboxylic acids is 1. The van der Waals surface area contributed by atoms with Crippen molar-refractivity contribution >= 4 is 16.9 Å². The van der Waals surface area contributed by atoms with Gasteiger partial charge < -0.3 is 19.7 Å². The molecule has 1 N–H and O–H groups in total. The van der Waals surface area contributed by atoms with Crippen LogP contribution in [0.3, 0.4) is 0 Å². The summed E-state index contributed by atoms with van der Waals surface area (Å²) in [5.74, 6) is 1.06. The number of nitrogens with zero attached hydrogens (tertiary/aromatic N) is 3. The van der Waals surface area contributed by atoms with Crippen LogP contribution in [0.1, 0.15) is 36.0 Å². The fourth-order valence-electron chi connectivity index (χ4n) is 4.65. The van der Waals surface area contributed by atoms with Gasteiger partial charge in [-0.1, -0.05) is 6.42 Å². The Balaban J connectivity index is 1.11. The third kappa shape index (κ3) is 6.69. The highest BCUT2D eigenvalue weighted by atomic mass is 19.1. The van der Waals surface area contributed by atoms with Crippen LogP contribution in [0, 0.1) is 5.82 Å². The van der Waals surface area contributed by atoms with E-state index < -0.39 is 0 Å². The van der Waals surface area contributed by atoms with E-state index in [1.54, 1.807) is 18.5 Å². The molecule has 0 radical (unpaired) electrons. The van der Waals surface area contributed by atoms with Crippen molar-refractivity contribution < 1.29 is 18.7 Å². The Labute approximate surface area is 222 Å². The zero-order valence-corrected chi connectivity index (χ0v) is 21.4. The van der Waals surface area contributed by atoms with Crippen LogP contribution >= 0.6 is 0 Å². The average molecular weight is 517 g/mol. The first kappa shape index (κ1) is 25.7. The Morgan fingerprint density at radius 1 is 0.895 bits per heavy atom. The number of ether oxygens (including phenoxy) is 2. The van der Waals surface area contributed by atoms with Gasteiger partial charge in [-0.05, 0) is 92.7 Å². The molecule has 2 heterocycles. The number of rotatable bonds is 11. The summed E-state index contributed by atoms with van der Waals surface area (Å²) in [5.41, 5.74) is 3.28. The molecule has 38 heavy (non-hydrogen) atoms. The standard InChI is InChI=1S/C30H33FN4O3/c31-24-6-10-26(11-7-24)37-19-4-20-38-27-12-8-25(9-13-27)35-22-33-28-21-23(5-14-29(28)35)30(36)32-15-18-34-16-2-1-3-17-34/h5-14,21-22H,1-4,15-20H2,(H,32,36). The lowest BCUT2D eigenvalue weighted by Crippen LogP contribution is -2.37. The molecule has 3 aromatic carbocycles. The number of piperidine rings is 1. The van der Waals surface area contributed by atoms with Gasteiger partial charge in [-0.25, -0.2) is 9.37 Å². The number of hydrogen-bond donors (Lipinski definition) is 1. The molecule has 1 aliphatic rings. The van der Waals surface area contributed by atoms with Crippen molar-refractivity contribution in [2.45, 2.75) is 25.7 Å². The first-order chi connectivity index (χ1) is 18.7. The maximum absolute atomic E-state index is 12.9. The lowest BCUT2D eigenvalue weighted by Gasteiger charge is -2.26. The van der Waals surface area contributed by atoms with Crippen molar-refractivity contribution in [2.24, 2.45) is 0 Å². The lowest BCUT2D eigenvalue weighted by atomic mass is 10.1. The molecule has 1 amide bonds. The molecular formula is C30H33FN4O3. The van der Waals surface area contributed by atoms with Crippen molar-refractivity contribution in [3.05, 3.63) is 84.4 Å². The summed E-state index contributed by atoms with van der Waals surface area (Å²) in [7, 11) is 0. The van der Waals surface area contributed by atoms with Crippen molar-refractivity contribution in [3.63, 3.8) is 0 Å². The van der Waals surface area contributed by atoms with E-state index in [2.05, 4.69) is 15.2 Å². The van der Waals surface area contributed by atoms with E-state index in [1.807, 2.05) is 47.0 Å². The number of nitrogens with one attached hydrogen (secondary N) is 1. The summed E-state index contributed by atoms with van der Waals surface area (Å²) >= 11 is 0. The van der Waals surface area contributed by atoms with Gasteiger partial charge >= 0.3 is 0 Å². The van der Waals surface area contributed by atoms with E-state index >= 15 is 0 Å². The highest BCUT2D eigenvalue weighted by Crippen LogP contribution is 2.22. The smallest absolute Gasteiger partial charge is 0.251 e. The second-order valence-electron chi connectivity index (χ2n) is 9.47. The third-order valence-corrected chi connectivity index (χ3v) is 6.73. The SMILES string of the molecule is O=C(NCCN1CCCCC1)c1ccc2c(c1)ncn2-c1ccc(OCCCOc2ccc(F)cc2)cc1. The molecule has 0 bridgehead atoms. The van der Waals surface area contributed by atoms with Gasteiger partial charge in [0.15, 0.2) is 0 Å². The summed E-state index contributed by atoms with van der Waals surface area (Å²) in [5, 5.41) is 3.04. The average Bonchev–Trinajstić information content (AvgIpc) is 3.38. The van der Waals surface area contributed by atoms with Gasteiger partial charge in [-0.3, -0.25) is 9.36 Å². The molecule has 8 heteroatoms. The zero-order valence-electron chi connectivity index (χ0n) is 21.4. The summed E-state index contributed by atoms with van der Waals surface area (Å²) < 4.78 is 26.4. The minimum absolute atomic E-state index is 0.0666. The summed E-state index contributed by atoms with van der Waals surface area (Å²) in [4.78, 5) is 19.6. The van der Waals surface area contributed by atoms with Gasteiger partial charge in [-0.2, -0.15) is 0 Å². The van der Waals surface area contributed by atoms with Crippen molar-refractivity contribution in [3.8, 4) is 17.2 Å². The van der Waals surface area contributed by atoms with E-state index in [4.69, 9.17) is 9.47 Å². The monoisotopic (exact) mass is 516 g/mol. The van der Waals surface area contributed by atoms with Crippen molar-refractivity contribution in [1.29, 1.82) is 0 Å². The van der Waals surface area contributed by atoms with Crippen LogP contribution in [0.15, 0.2) is 73.1 Å². The minimum atomic E-state index is -0.279. The van der Waals surface area contributed by atoms with E-state index in [0.29, 0.717) is 37.5 Å². The van der Waals surface area contributed by atoms with Crippen LogP contribution in [-0.2, 0) is 0 Å². The molecule has 0 atom stereocenters. The second-order valence-corrected chi connectivity index (χ2v) is 9.47. The van der Waals surface area contributed by atoms with E-state index in [0.717, 1.165) is 42.1 Å². The van der Waals surface area contributed by atoms with Crippen LogP contribution in [0.25, 0.3) is 16.7 Å². The van der Waals surface area contributed by atoms with Crippen LogP contribution < -0.4 is 14.8 Å². The number of carbonyl (C=O) groups is 1. The summed E-state index contributed by atoms with van der Waals surface area (Å²) in [6.45, 7) is 4.80. The summed E-state index contributed by atoms with van der Waals surface area (Å²) in [6, 6.07) is 19.4. The zero-order chi connectivity index (χ0) is 26.2. The number of amides is 1. The molecule has 4 aromatic rings. The molecule has 0 saturated carbocycles. The van der Waals surface area contributed by atoms with Gasteiger partial charge in [0.05, 0.1) is 24.2 Å². The maximum Gasteiger partial charge on any atom is 0.251 e. The predicted octanol–water partition coefficient (Wildman–Crippen LogP) is 5.23. The van der Waals surface area contributed by atoms with Crippen molar-refractivity contribution in [1.82, 2.24) is 19.8 Å². The van der Waals surface area contributed by atoms with E-state index in [9.17, 15) is 9.18 Å². The van der Waals surface area contributed by atoms with E-state index in [1.165, 1.54) is 31.4 Å². The Hall–Kier alpha value is -3.91. The number of hydrogen-bond acceptors (Lipinski definition) is 5. The van der Waals surface area contributed by atoms with Crippen molar-refractivity contribution in [2.75, 3.05) is 39.4 Å². The van der Waals surface area contributed by atoms with Gasteiger partial charge in [0, 0.05) is 30.8 Å². The molecule has 1 aliphatic heterocycles. The molecule has 1 aromatic heterocycles. The van der Waals surface area contributed by atoms with Gasteiger partial charge in [0.1, 0.15) is 23.6 Å². The molecule has 0 aliphatic carbocycles. The molecule has 0 unspecified atom stereocenters. The number of likely N-dealkylation sites (tertiary alicyclic amines) is 1. The molecule has 1 fully saturated rings.